The van der Waals surface area contributed by atoms with Gasteiger partial charge in [0.05, 0.1) is 6.61 Å². The highest BCUT2D eigenvalue weighted by atomic mass is 16.7. The molecule has 0 saturated heterocycles. The van der Waals surface area contributed by atoms with Crippen molar-refractivity contribution in [1.29, 1.82) is 0 Å². The quantitative estimate of drug-likeness (QED) is 0.282. The minimum Gasteiger partial charge on any atom is -0.480 e. The standard InChI is InChI=1S/C24H35NO9/c1-5-8-21(26)33-19-11-10-17(14-20(19)34-22(27)9-6-2)13-18(23(28)29)25-15-16(4)32-24(30)31-12-7-3/h10-11,14,16,18,25H,5-9,12-13,15H2,1-4H3,(H,28,29)/t16?,18-/m0/s1. The summed E-state index contributed by atoms with van der Waals surface area (Å²) in [7, 11) is 0. The Labute approximate surface area is 199 Å². The van der Waals surface area contributed by atoms with Gasteiger partial charge in [-0.2, -0.15) is 0 Å². The van der Waals surface area contributed by atoms with E-state index in [9.17, 15) is 24.3 Å². The maximum absolute atomic E-state index is 12.0. The molecule has 190 valence electrons. The summed E-state index contributed by atoms with van der Waals surface area (Å²) in [5.74, 6) is -1.90. The summed E-state index contributed by atoms with van der Waals surface area (Å²) in [6.07, 6.45) is 0.865. The summed E-state index contributed by atoms with van der Waals surface area (Å²) >= 11 is 0. The molecule has 0 aliphatic heterocycles. The van der Waals surface area contributed by atoms with Gasteiger partial charge in [0, 0.05) is 19.4 Å². The predicted octanol–water partition coefficient (Wildman–Crippen LogP) is 3.63. The number of ether oxygens (including phenoxy) is 4. The van der Waals surface area contributed by atoms with Crippen LogP contribution < -0.4 is 14.8 Å². The topological polar surface area (TPSA) is 137 Å². The molecule has 10 heteroatoms. The summed E-state index contributed by atoms with van der Waals surface area (Å²) in [5.41, 5.74) is 0.547. The van der Waals surface area contributed by atoms with E-state index in [2.05, 4.69) is 5.32 Å². The van der Waals surface area contributed by atoms with E-state index in [1.165, 1.54) is 12.1 Å². The summed E-state index contributed by atoms with van der Waals surface area (Å²) in [6.45, 7) is 7.47. The zero-order chi connectivity index (χ0) is 25.5. The largest absolute Gasteiger partial charge is 0.508 e. The smallest absolute Gasteiger partial charge is 0.480 e. The SMILES string of the molecule is CCCOC(=O)OC(C)CN[C@@H](Cc1ccc(OC(=O)CCC)c(OC(=O)CCC)c1)C(=O)O. The van der Waals surface area contributed by atoms with Crippen LogP contribution in [0.3, 0.4) is 0 Å². The number of hydrogen-bond acceptors (Lipinski definition) is 9. The molecule has 2 N–H and O–H groups in total. The molecule has 0 radical (unpaired) electrons. The molecule has 1 unspecified atom stereocenters. The molecule has 10 nitrogen and oxygen atoms in total. The van der Waals surface area contributed by atoms with Gasteiger partial charge in [-0.3, -0.25) is 14.4 Å². The Balaban J connectivity index is 2.90. The normalized spacial score (nSPS) is 12.4. The molecule has 0 fully saturated rings. The fourth-order valence-electron chi connectivity index (χ4n) is 2.82. The molecule has 0 spiro atoms. The molecule has 34 heavy (non-hydrogen) atoms. The van der Waals surface area contributed by atoms with Crippen LogP contribution in [0, 0.1) is 0 Å². The Morgan fingerprint density at radius 1 is 0.941 bits per heavy atom. The van der Waals surface area contributed by atoms with E-state index in [1.807, 2.05) is 20.8 Å². The third-order valence-electron chi connectivity index (χ3n) is 4.48. The molecule has 1 aromatic rings. The molecular formula is C24H35NO9. The number of aliphatic carboxylic acids is 1. The van der Waals surface area contributed by atoms with Crippen molar-refractivity contribution in [3.63, 3.8) is 0 Å². The van der Waals surface area contributed by atoms with Gasteiger partial charge in [0.15, 0.2) is 11.5 Å². The van der Waals surface area contributed by atoms with E-state index in [-0.39, 0.29) is 43.9 Å². The average Bonchev–Trinajstić information content (AvgIpc) is 2.76. The Kier molecular flexibility index (Phi) is 13.3. The van der Waals surface area contributed by atoms with Crippen molar-refractivity contribution >= 4 is 24.1 Å². The highest BCUT2D eigenvalue weighted by Gasteiger charge is 2.22. The zero-order valence-corrected chi connectivity index (χ0v) is 20.3. The molecule has 1 aromatic carbocycles. The second kappa shape index (κ2) is 15.7. The van der Waals surface area contributed by atoms with Crippen LogP contribution in [0.5, 0.6) is 11.5 Å². The zero-order valence-electron chi connectivity index (χ0n) is 20.3. The van der Waals surface area contributed by atoms with Gasteiger partial charge in [0.2, 0.25) is 0 Å². The monoisotopic (exact) mass is 481 g/mol. The average molecular weight is 482 g/mol. The molecule has 0 aromatic heterocycles. The number of carboxylic acids is 1. The van der Waals surface area contributed by atoms with Crippen LogP contribution in [-0.4, -0.2) is 54.5 Å². The van der Waals surface area contributed by atoms with Crippen molar-refractivity contribution in [2.24, 2.45) is 0 Å². The second-order valence-electron chi connectivity index (χ2n) is 7.76. The number of nitrogens with one attached hydrogen (secondary N) is 1. The first kappa shape index (κ1) is 28.9. The van der Waals surface area contributed by atoms with Crippen molar-refractivity contribution in [3.8, 4) is 11.5 Å². The van der Waals surface area contributed by atoms with Crippen molar-refractivity contribution in [2.45, 2.75) is 78.4 Å². The molecule has 0 aliphatic carbocycles. The third kappa shape index (κ3) is 11.1. The van der Waals surface area contributed by atoms with Crippen LogP contribution in [0.25, 0.3) is 0 Å². The van der Waals surface area contributed by atoms with Crippen molar-refractivity contribution in [3.05, 3.63) is 23.8 Å². The van der Waals surface area contributed by atoms with Gasteiger partial charge in [-0.1, -0.05) is 26.8 Å². The molecule has 0 aliphatic rings. The number of benzene rings is 1. The number of esters is 2. The number of hydrogen-bond donors (Lipinski definition) is 2. The number of carbonyl (C=O) groups is 4. The third-order valence-corrected chi connectivity index (χ3v) is 4.48. The Bertz CT molecular complexity index is 825. The summed E-state index contributed by atoms with van der Waals surface area (Å²) < 4.78 is 20.6. The molecule has 0 amide bonds. The van der Waals surface area contributed by atoms with E-state index in [4.69, 9.17) is 18.9 Å². The fraction of sp³-hybridized carbons (Fsp3) is 0.583. The molecule has 2 atom stereocenters. The first-order valence-corrected chi connectivity index (χ1v) is 11.5. The van der Waals surface area contributed by atoms with Crippen molar-refractivity contribution in [1.82, 2.24) is 5.32 Å². The van der Waals surface area contributed by atoms with Crippen LogP contribution in [0.4, 0.5) is 4.79 Å². The maximum Gasteiger partial charge on any atom is 0.508 e. The Morgan fingerprint density at radius 2 is 1.56 bits per heavy atom. The van der Waals surface area contributed by atoms with E-state index in [0.29, 0.717) is 24.8 Å². The summed E-state index contributed by atoms with van der Waals surface area (Å²) in [4.78, 5) is 47.2. The minimum absolute atomic E-state index is 0.0455. The first-order valence-electron chi connectivity index (χ1n) is 11.5. The lowest BCUT2D eigenvalue weighted by atomic mass is 10.0. The van der Waals surface area contributed by atoms with Gasteiger partial charge in [0.25, 0.3) is 0 Å². The second-order valence-corrected chi connectivity index (χ2v) is 7.76. The lowest BCUT2D eigenvalue weighted by molar-refractivity contribution is -0.139. The van der Waals surface area contributed by atoms with Crippen LogP contribution >= 0.6 is 0 Å². The summed E-state index contributed by atoms with van der Waals surface area (Å²) in [5, 5.41) is 12.5. The molecule has 0 heterocycles. The van der Waals surface area contributed by atoms with Gasteiger partial charge in [-0.05, 0) is 50.3 Å². The molecule has 1 rings (SSSR count). The first-order chi connectivity index (χ1) is 16.2. The molecular weight excluding hydrogens is 446 g/mol. The van der Waals surface area contributed by atoms with Crippen molar-refractivity contribution in [2.75, 3.05) is 13.2 Å². The van der Waals surface area contributed by atoms with E-state index in [0.717, 1.165) is 0 Å². The Hall–Kier alpha value is -3.14. The van der Waals surface area contributed by atoms with Gasteiger partial charge in [-0.25, -0.2) is 4.79 Å². The van der Waals surface area contributed by atoms with E-state index < -0.39 is 36.2 Å². The van der Waals surface area contributed by atoms with Crippen LogP contribution in [-0.2, 0) is 30.3 Å². The number of carboxylic acid groups (broad SMARTS) is 1. The summed E-state index contributed by atoms with van der Waals surface area (Å²) in [6, 6.07) is 3.56. The van der Waals surface area contributed by atoms with E-state index >= 15 is 0 Å². The Morgan fingerprint density at radius 3 is 2.12 bits per heavy atom. The molecule has 0 bridgehead atoms. The highest BCUT2D eigenvalue weighted by molar-refractivity contribution is 5.77. The lowest BCUT2D eigenvalue weighted by Crippen LogP contribution is -2.42. The van der Waals surface area contributed by atoms with Crippen molar-refractivity contribution < 1.29 is 43.2 Å². The van der Waals surface area contributed by atoms with Crippen LogP contribution in [0.15, 0.2) is 18.2 Å². The number of carbonyl (C=O) groups excluding carboxylic acids is 3. The van der Waals surface area contributed by atoms with Gasteiger partial charge in [0.1, 0.15) is 12.1 Å². The van der Waals surface area contributed by atoms with Gasteiger partial charge >= 0.3 is 24.1 Å². The van der Waals surface area contributed by atoms with Crippen LogP contribution in [0.2, 0.25) is 0 Å². The minimum atomic E-state index is -1.11. The highest BCUT2D eigenvalue weighted by Crippen LogP contribution is 2.30. The fourth-order valence-corrected chi connectivity index (χ4v) is 2.82. The lowest BCUT2D eigenvalue weighted by Gasteiger charge is -2.19. The van der Waals surface area contributed by atoms with Gasteiger partial charge < -0.3 is 29.4 Å². The molecule has 0 saturated carbocycles. The van der Waals surface area contributed by atoms with Crippen LogP contribution in [0.1, 0.15) is 65.4 Å². The predicted molar refractivity (Wildman–Crippen MR) is 123 cm³/mol. The van der Waals surface area contributed by atoms with Gasteiger partial charge in [-0.15, -0.1) is 0 Å². The number of rotatable bonds is 15. The van der Waals surface area contributed by atoms with E-state index in [1.54, 1.807) is 13.0 Å². The maximum atomic E-state index is 12.0.